The minimum absolute atomic E-state index is 0.0484. The Morgan fingerprint density at radius 1 is 1.09 bits per heavy atom. The molecule has 0 bridgehead atoms. The molecule has 5 aromatic rings. The number of hydrogen-bond acceptors (Lipinski definition) is 9. The number of halogens is 1. The molecule has 0 spiro atoms. The van der Waals surface area contributed by atoms with E-state index in [9.17, 15) is 24.5 Å². The summed E-state index contributed by atoms with van der Waals surface area (Å²) in [6.45, 7) is 3.76. The zero-order valence-corrected chi connectivity index (χ0v) is 27.8. The Hall–Kier alpha value is -4.95. The molecule has 0 atom stereocenters. The number of rotatable bonds is 7. The number of hydrogen-bond donors (Lipinski definition) is 2. The van der Waals surface area contributed by atoms with E-state index in [1.165, 1.54) is 28.4 Å². The van der Waals surface area contributed by atoms with Gasteiger partial charge < -0.3 is 5.32 Å². The fourth-order valence-electron chi connectivity index (χ4n) is 4.92. The molecule has 0 saturated carbocycles. The summed E-state index contributed by atoms with van der Waals surface area (Å²) in [5.74, 6) is -1.68. The predicted molar refractivity (Wildman–Crippen MR) is 188 cm³/mol. The lowest BCUT2D eigenvalue weighted by Crippen LogP contribution is -2.54. The first kappa shape index (κ1) is 32.0. The topological polar surface area (TPSA) is 135 Å². The van der Waals surface area contributed by atoms with Gasteiger partial charge in [0.1, 0.15) is 5.57 Å². The highest BCUT2D eigenvalue weighted by Gasteiger charge is 2.35. The van der Waals surface area contributed by atoms with Crippen molar-refractivity contribution in [3.63, 3.8) is 0 Å². The third-order valence-electron chi connectivity index (χ3n) is 7.13. The number of nitrogens with one attached hydrogen (secondary N) is 2. The molecule has 1 fully saturated rings. The summed E-state index contributed by atoms with van der Waals surface area (Å²) in [6, 6.07) is 21.9. The van der Waals surface area contributed by atoms with Crippen LogP contribution in [0.15, 0.2) is 93.7 Å². The van der Waals surface area contributed by atoms with Gasteiger partial charge in [0.05, 0.1) is 36.3 Å². The molecule has 2 N–H and O–H groups in total. The van der Waals surface area contributed by atoms with Crippen LogP contribution in [0.2, 0.25) is 5.02 Å². The third kappa shape index (κ3) is 6.65. The second-order valence-electron chi connectivity index (χ2n) is 10.4. The van der Waals surface area contributed by atoms with Crippen molar-refractivity contribution in [3.05, 3.63) is 122 Å². The van der Waals surface area contributed by atoms with E-state index in [2.05, 4.69) is 15.6 Å². The van der Waals surface area contributed by atoms with Gasteiger partial charge in [-0.25, -0.2) is 4.98 Å². The fraction of sp³-hybridized carbons (Fsp3) is 0.0606. The van der Waals surface area contributed by atoms with Crippen LogP contribution in [0, 0.1) is 24.0 Å². The second-order valence-corrected chi connectivity index (χ2v) is 13.5. The maximum atomic E-state index is 13.5. The molecule has 234 valence electrons. The minimum Gasteiger partial charge on any atom is -0.322 e. The maximum absolute atomic E-state index is 13.5. The zero-order valence-electron chi connectivity index (χ0n) is 24.6. The smallest absolute Gasteiger partial charge is 0.283 e. The Balaban J connectivity index is 1.25. The number of aromatic nitrogens is 1. The first-order valence-electron chi connectivity index (χ1n) is 13.9. The monoisotopic (exact) mass is 699 g/mol. The number of thiazole rings is 1. The first-order chi connectivity index (χ1) is 22.5. The van der Waals surface area contributed by atoms with E-state index in [1.54, 1.807) is 60.7 Å². The van der Waals surface area contributed by atoms with Crippen LogP contribution in [0.25, 0.3) is 16.3 Å². The molecule has 10 nitrogen and oxygen atoms in total. The lowest BCUT2D eigenvalue weighted by atomic mass is 10.0. The average Bonchev–Trinajstić information content (AvgIpc) is 3.42. The first-order valence-corrected chi connectivity index (χ1v) is 16.3. The van der Waals surface area contributed by atoms with Crippen LogP contribution in [0.5, 0.6) is 0 Å². The number of thiocarbonyl (C=S) groups is 1. The van der Waals surface area contributed by atoms with Crippen molar-refractivity contribution in [2.75, 3.05) is 10.2 Å². The standard InChI is InChI=1S/C33H22ClN5O5S3/c1-17-7-11-25(18(2)13-17)38-31(42)22(30(41)37-32(38)45)14-19-8-12-27(26(15-19)39(43)44)46-33-36-24-10-9-20(16-28(24)47-33)35-29(40)21-5-3-4-6-23(21)34/h3-16H,1-2H3,(H,35,40)(H,37,41,45)/b22-14+. The number of carbonyl (C=O) groups excluding carboxylic acids is 3. The minimum atomic E-state index is -0.695. The molecule has 0 aliphatic carbocycles. The molecule has 1 aliphatic heterocycles. The van der Waals surface area contributed by atoms with Gasteiger partial charge in [-0.05, 0) is 85.7 Å². The number of anilines is 2. The van der Waals surface area contributed by atoms with E-state index >= 15 is 0 Å². The molecule has 4 aromatic carbocycles. The quantitative estimate of drug-likeness (QED) is 0.0580. The molecule has 1 aliphatic rings. The highest BCUT2D eigenvalue weighted by molar-refractivity contribution is 8.01. The second kappa shape index (κ2) is 13.0. The van der Waals surface area contributed by atoms with Gasteiger partial charge in [-0.2, -0.15) is 0 Å². The van der Waals surface area contributed by atoms with Crippen molar-refractivity contribution < 1.29 is 19.3 Å². The van der Waals surface area contributed by atoms with E-state index in [0.29, 0.717) is 36.7 Å². The van der Waals surface area contributed by atoms with Crippen molar-refractivity contribution in [2.24, 2.45) is 0 Å². The summed E-state index contributed by atoms with van der Waals surface area (Å²) >= 11 is 13.9. The zero-order chi connectivity index (χ0) is 33.4. The molecule has 0 radical (unpaired) electrons. The van der Waals surface area contributed by atoms with E-state index < -0.39 is 16.7 Å². The van der Waals surface area contributed by atoms with Crippen molar-refractivity contribution in [1.29, 1.82) is 0 Å². The van der Waals surface area contributed by atoms with Crippen LogP contribution in [-0.4, -0.2) is 32.7 Å². The van der Waals surface area contributed by atoms with Crippen molar-refractivity contribution in [1.82, 2.24) is 10.3 Å². The lowest BCUT2D eigenvalue weighted by Gasteiger charge is -2.30. The summed E-state index contributed by atoms with van der Waals surface area (Å²) in [5.41, 5.74) is 3.72. The van der Waals surface area contributed by atoms with E-state index in [-0.39, 0.29) is 27.8 Å². The van der Waals surface area contributed by atoms with E-state index in [4.69, 9.17) is 23.8 Å². The molecule has 1 saturated heterocycles. The van der Waals surface area contributed by atoms with Crippen molar-refractivity contribution in [2.45, 2.75) is 23.1 Å². The number of carbonyl (C=O) groups is 3. The van der Waals surface area contributed by atoms with Crippen molar-refractivity contribution in [3.8, 4) is 0 Å². The number of nitro benzene ring substituents is 1. The number of aryl methyl sites for hydroxylation is 2. The summed E-state index contributed by atoms with van der Waals surface area (Å²) in [6.07, 6.45) is 1.31. The Morgan fingerprint density at radius 3 is 2.62 bits per heavy atom. The van der Waals surface area contributed by atoms with Gasteiger partial charge >= 0.3 is 0 Å². The fourth-order valence-corrected chi connectivity index (χ4v) is 7.56. The molecule has 47 heavy (non-hydrogen) atoms. The van der Waals surface area contributed by atoms with Gasteiger partial charge in [0.2, 0.25) is 0 Å². The van der Waals surface area contributed by atoms with Crippen LogP contribution in [0.4, 0.5) is 17.1 Å². The van der Waals surface area contributed by atoms with E-state index in [0.717, 1.165) is 27.6 Å². The lowest BCUT2D eigenvalue weighted by molar-refractivity contribution is -0.387. The number of nitro groups is 1. The molecule has 2 heterocycles. The van der Waals surface area contributed by atoms with Crippen LogP contribution in [-0.2, 0) is 9.59 Å². The number of amides is 3. The van der Waals surface area contributed by atoms with Crippen LogP contribution in [0.1, 0.15) is 27.0 Å². The highest BCUT2D eigenvalue weighted by atomic mass is 35.5. The van der Waals surface area contributed by atoms with Gasteiger partial charge in [-0.15, -0.1) is 11.3 Å². The SMILES string of the molecule is Cc1ccc(N2C(=O)/C(=C/c3ccc(Sc4nc5ccc(NC(=O)c6ccccc6Cl)cc5s4)c([N+](=O)[O-])c3)C(=O)NC2=S)c(C)c1. The maximum Gasteiger partial charge on any atom is 0.283 e. The van der Waals surface area contributed by atoms with Crippen LogP contribution >= 0.6 is 46.9 Å². The normalized spacial score (nSPS) is 14.1. The molecular weight excluding hydrogens is 678 g/mol. The van der Waals surface area contributed by atoms with Gasteiger partial charge in [0.25, 0.3) is 23.4 Å². The molecule has 3 amide bonds. The van der Waals surface area contributed by atoms with Crippen LogP contribution in [0.3, 0.4) is 0 Å². The summed E-state index contributed by atoms with van der Waals surface area (Å²) in [7, 11) is 0. The molecule has 1 aromatic heterocycles. The van der Waals surface area contributed by atoms with Crippen LogP contribution < -0.4 is 15.5 Å². The summed E-state index contributed by atoms with van der Waals surface area (Å²) in [5, 5.41) is 17.8. The van der Waals surface area contributed by atoms with Crippen molar-refractivity contribution >= 4 is 103 Å². The Labute approximate surface area is 286 Å². The molecule has 14 heteroatoms. The van der Waals surface area contributed by atoms with Gasteiger partial charge in [-0.1, -0.05) is 59.3 Å². The Bertz CT molecular complexity index is 2200. The largest absolute Gasteiger partial charge is 0.322 e. The average molecular weight is 700 g/mol. The summed E-state index contributed by atoms with van der Waals surface area (Å²) in [4.78, 5) is 56.8. The predicted octanol–water partition coefficient (Wildman–Crippen LogP) is 7.71. The van der Waals surface area contributed by atoms with E-state index in [1.807, 2.05) is 26.0 Å². The number of benzene rings is 4. The Morgan fingerprint density at radius 2 is 1.87 bits per heavy atom. The molecule has 6 rings (SSSR count). The van der Waals surface area contributed by atoms with Gasteiger partial charge in [0.15, 0.2) is 9.45 Å². The molecule has 0 unspecified atom stereocenters. The summed E-state index contributed by atoms with van der Waals surface area (Å²) < 4.78 is 1.31. The number of fused-ring (bicyclic) bond motifs is 1. The van der Waals surface area contributed by atoms with Gasteiger partial charge in [-0.3, -0.25) is 34.7 Å². The molecular formula is C33H22ClN5O5S3. The van der Waals surface area contributed by atoms with Gasteiger partial charge in [0, 0.05) is 11.8 Å². The Kier molecular flexibility index (Phi) is 8.88. The third-order valence-corrected chi connectivity index (χ3v) is 9.89. The highest BCUT2D eigenvalue weighted by Crippen LogP contribution is 2.40. The number of nitrogens with zero attached hydrogens (tertiary/aromatic N) is 3.